The van der Waals surface area contributed by atoms with Gasteiger partial charge in [-0.15, -0.1) is 0 Å². The van der Waals surface area contributed by atoms with Crippen LogP contribution in [-0.2, 0) is 4.79 Å². The van der Waals surface area contributed by atoms with E-state index in [1.807, 2.05) is 0 Å². The van der Waals surface area contributed by atoms with Crippen LogP contribution in [0.1, 0.15) is 62.0 Å². The van der Waals surface area contributed by atoms with Gasteiger partial charge in [0.25, 0.3) is 0 Å². The summed E-state index contributed by atoms with van der Waals surface area (Å²) >= 11 is 2.12. The van der Waals surface area contributed by atoms with E-state index in [1.165, 1.54) is 41.8 Å². The lowest BCUT2D eigenvalue weighted by atomic mass is 9.84. The maximum atomic E-state index is 12.8. The molecule has 1 N–H and O–H groups in total. The molecule has 1 amide bonds. The van der Waals surface area contributed by atoms with Gasteiger partial charge in [0, 0.05) is 42.1 Å². The van der Waals surface area contributed by atoms with E-state index in [-0.39, 0.29) is 17.9 Å². The molecule has 0 unspecified atom stereocenters. The second-order valence-electron chi connectivity index (χ2n) is 10.6. The molecule has 5 nitrogen and oxygen atoms in total. The van der Waals surface area contributed by atoms with E-state index in [0.29, 0.717) is 18.1 Å². The minimum absolute atomic E-state index is 0.0928. The molecule has 3 fully saturated rings. The molecule has 1 saturated carbocycles. The van der Waals surface area contributed by atoms with E-state index in [9.17, 15) is 4.79 Å². The molecule has 2 bridgehead atoms. The summed E-state index contributed by atoms with van der Waals surface area (Å²) < 4.78 is 2.51. The van der Waals surface area contributed by atoms with Crippen molar-refractivity contribution in [1.29, 1.82) is 0 Å². The number of carbonyl (C=O) groups excluding carboxylic acids is 1. The van der Waals surface area contributed by atoms with Crippen LogP contribution in [-0.4, -0.2) is 50.5 Å². The lowest BCUT2D eigenvalue weighted by Gasteiger charge is -2.49. The summed E-state index contributed by atoms with van der Waals surface area (Å²) in [5, 5.41) is 3.42. The van der Waals surface area contributed by atoms with Gasteiger partial charge in [-0.3, -0.25) is 9.69 Å². The smallest absolute Gasteiger partial charge is 0.223 e. The number of aryl methyl sites for hydroxylation is 1. The Labute approximate surface area is 212 Å². The number of imidazole rings is 1. The molecule has 2 aliphatic heterocycles. The van der Waals surface area contributed by atoms with Crippen molar-refractivity contribution in [3.8, 4) is 0 Å². The number of rotatable bonds is 7. The predicted octanol–water partition coefficient (Wildman–Crippen LogP) is 5.51. The largest absolute Gasteiger partial charge is 0.349 e. The molecule has 2 saturated heterocycles. The number of nitrogens with zero attached hydrogens (tertiary/aromatic N) is 3. The van der Waals surface area contributed by atoms with Crippen molar-refractivity contribution in [3.05, 3.63) is 66.0 Å². The second kappa shape index (κ2) is 9.98. The van der Waals surface area contributed by atoms with Crippen LogP contribution in [0.2, 0.25) is 0 Å². The monoisotopic (exact) mass is 488 g/mol. The highest BCUT2D eigenvalue weighted by Gasteiger charge is 2.40. The first-order chi connectivity index (χ1) is 17.2. The second-order valence-corrected chi connectivity index (χ2v) is 11.7. The SMILES string of the molecule is Cc1nc2ccccc2n1[C@@H]1C[C@H]2CSC[C@@H](C1)N2CC[C@H](NC(=O)C1CCC1)c1ccccc1. The molecule has 3 heterocycles. The Bertz CT molecular complexity index is 1160. The summed E-state index contributed by atoms with van der Waals surface area (Å²) in [4.78, 5) is 20.5. The Morgan fingerprint density at radius 1 is 1.03 bits per heavy atom. The van der Waals surface area contributed by atoms with Gasteiger partial charge >= 0.3 is 0 Å². The fraction of sp³-hybridized carbons (Fsp3) is 0.517. The Kier molecular flexibility index (Phi) is 6.59. The molecule has 3 aromatic rings. The van der Waals surface area contributed by atoms with Crippen LogP contribution in [0.5, 0.6) is 0 Å². The van der Waals surface area contributed by atoms with Crippen LogP contribution in [0.15, 0.2) is 54.6 Å². The van der Waals surface area contributed by atoms with Crippen LogP contribution in [0, 0.1) is 12.8 Å². The first-order valence-corrected chi connectivity index (χ1v) is 14.4. The fourth-order valence-electron chi connectivity index (χ4n) is 6.41. The minimum Gasteiger partial charge on any atom is -0.349 e. The fourth-order valence-corrected chi connectivity index (χ4v) is 7.74. The van der Waals surface area contributed by atoms with Crippen molar-refractivity contribution >= 4 is 28.7 Å². The number of piperidine rings is 1. The number of thioether (sulfide) groups is 1. The van der Waals surface area contributed by atoms with Gasteiger partial charge in [0.2, 0.25) is 5.91 Å². The van der Waals surface area contributed by atoms with Crippen LogP contribution in [0.3, 0.4) is 0 Å². The molecule has 1 aromatic heterocycles. The summed E-state index contributed by atoms with van der Waals surface area (Å²) in [6, 6.07) is 20.9. The number of para-hydroxylation sites is 2. The van der Waals surface area contributed by atoms with Crippen molar-refractivity contribution < 1.29 is 4.79 Å². The van der Waals surface area contributed by atoms with Gasteiger partial charge in [-0.05, 0) is 56.7 Å². The normalized spacial score (nSPS) is 25.8. The minimum atomic E-state index is 0.0928. The summed E-state index contributed by atoms with van der Waals surface area (Å²) in [6.45, 7) is 3.20. The van der Waals surface area contributed by atoms with E-state index in [4.69, 9.17) is 4.98 Å². The molecule has 0 radical (unpaired) electrons. The molecular formula is C29H36N4OS. The molecule has 4 atom stereocenters. The Balaban J connectivity index is 1.17. The van der Waals surface area contributed by atoms with Crippen LogP contribution >= 0.6 is 11.8 Å². The van der Waals surface area contributed by atoms with Crippen LogP contribution in [0.25, 0.3) is 11.0 Å². The Morgan fingerprint density at radius 2 is 1.74 bits per heavy atom. The molecule has 6 rings (SSSR count). The van der Waals surface area contributed by atoms with Gasteiger partial charge in [-0.2, -0.15) is 11.8 Å². The molecule has 0 spiro atoms. The predicted molar refractivity (Wildman–Crippen MR) is 144 cm³/mol. The summed E-state index contributed by atoms with van der Waals surface area (Å²) in [7, 11) is 0. The van der Waals surface area contributed by atoms with Crippen molar-refractivity contribution in [1.82, 2.24) is 19.8 Å². The lowest BCUT2D eigenvalue weighted by Crippen LogP contribution is -2.55. The number of aromatic nitrogens is 2. The van der Waals surface area contributed by atoms with Crippen molar-refractivity contribution in [2.75, 3.05) is 18.1 Å². The summed E-state index contributed by atoms with van der Waals surface area (Å²) in [5.74, 6) is 4.01. The molecule has 6 heteroatoms. The van der Waals surface area contributed by atoms with Crippen molar-refractivity contribution in [3.63, 3.8) is 0 Å². The van der Waals surface area contributed by atoms with Gasteiger partial charge in [0.05, 0.1) is 17.1 Å². The van der Waals surface area contributed by atoms with Gasteiger partial charge in [0.15, 0.2) is 0 Å². The van der Waals surface area contributed by atoms with E-state index in [0.717, 1.165) is 37.1 Å². The van der Waals surface area contributed by atoms with E-state index >= 15 is 0 Å². The average Bonchev–Trinajstić information content (AvgIpc) is 3.16. The van der Waals surface area contributed by atoms with E-state index < -0.39 is 0 Å². The number of hydrogen-bond donors (Lipinski definition) is 1. The lowest BCUT2D eigenvalue weighted by molar-refractivity contribution is -0.128. The van der Waals surface area contributed by atoms with Gasteiger partial charge in [-0.1, -0.05) is 48.9 Å². The zero-order chi connectivity index (χ0) is 23.8. The van der Waals surface area contributed by atoms with E-state index in [1.54, 1.807) is 0 Å². The first kappa shape index (κ1) is 23.1. The van der Waals surface area contributed by atoms with Crippen LogP contribution < -0.4 is 5.32 Å². The highest BCUT2D eigenvalue weighted by atomic mass is 32.2. The third-order valence-corrected chi connectivity index (χ3v) is 9.70. The zero-order valence-electron chi connectivity index (χ0n) is 20.6. The zero-order valence-corrected chi connectivity index (χ0v) is 21.4. The van der Waals surface area contributed by atoms with Crippen LogP contribution in [0.4, 0.5) is 0 Å². The third-order valence-electron chi connectivity index (χ3n) is 8.45. The number of nitrogens with one attached hydrogen (secondary N) is 1. The van der Waals surface area contributed by atoms with Crippen molar-refractivity contribution in [2.45, 2.75) is 69.6 Å². The van der Waals surface area contributed by atoms with E-state index in [2.05, 4.69) is 88.1 Å². The molecule has 35 heavy (non-hydrogen) atoms. The highest BCUT2D eigenvalue weighted by Crippen LogP contribution is 2.40. The van der Waals surface area contributed by atoms with Crippen molar-refractivity contribution in [2.24, 2.45) is 5.92 Å². The Morgan fingerprint density at radius 3 is 2.46 bits per heavy atom. The molecule has 2 aromatic carbocycles. The van der Waals surface area contributed by atoms with Gasteiger partial charge in [-0.25, -0.2) is 4.98 Å². The number of amides is 1. The topological polar surface area (TPSA) is 50.2 Å². The molecular weight excluding hydrogens is 452 g/mol. The quantitative estimate of drug-likeness (QED) is 0.476. The molecule has 184 valence electrons. The number of carbonyl (C=O) groups is 1. The molecule has 1 aliphatic carbocycles. The third kappa shape index (κ3) is 4.63. The maximum absolute atomic E-state index is 12.8. The number of hydrogen-bond acceptors (Lipinski definition) is 4. The van der Waals surface area contributed by atoms with Gasteiger partial charge in [0.1, 0.15) is 5.82 Å². The first-order valence-electron chi connectivity index (χ1n) is 13.3. The van der Waals surface area contributed by atoms with Gasteiger partial charge < -0.3 is 9.88 Å². The molecule has 3 aliphatic rings. The maximum Gasteiger partial charge on any atom is 0.223 e. The standard InChI is InChI=1S/C29H36N4OS/c1-20-30-27-12-5-6-13-28(27)33(20)23-16-24-18-35-19-25(17-23)32(24)15-14-26(21-8-3-2-4-9-21)31-29(34)22-10-7-11-22/h2-6,8-9,12-13,22-26H,7,10-11,14-19H2,1H3,(H,31,34)/t23-,24+,25-,26-/m0/s1. The highest BCUT2D eigenvalue weighted by molar-refractivity contribution is 7.99. The number of benzene rings is 2. The Hall–Kier alpha value is -2.31. The summed E-state index contributed by atoms with van der Waals surface area (Å²) in [6.07, 6.45) is 6.60. The average molecular weight is 489 g/mol. The summed E-state index contributed by atoms with van der Waals surface area (Å²) in [5.41, 5.74) is 3.62. The number of fused-ring (bicyclic) bond motifs is 3.